The number of rotatable bonds is 2. The van der Waals surface area contributed by atoms with Crippen LogP contribution in [-0.4, -0.2) is 30.4 Å². The molecule has 0 aromatic heterocycles. The smallest absolute Gasteiger partial charge is 0.822 e. The number of nitrogens with two attached hydrogens (primary N) is 1. The molecule has 0 aliphatic heterocycles. The molecule has 0 saturated heterocycles. The summed E-state index contributed by atoms with van der Waals surface area (Å²) in [5.41, 5.74) is 4.90. The first-order chi connectivity index (χ1) is 6.04. The zero-order valence-electron chi connectivity index (χ0n) is 11.1. The third kappa shape index (κ3) is 49.6. The van der Waals surface area contributed by atoms with Crippen LogP contribution in [0.4, 0.5) is 0 Å². The van der Waals surface area contributed by atoms with Gasteiger partial charge < -0.3 is 39.8 Å². The molecule has 0 saturated carbocycles. The minimum absolute atomic E-state index is 0. The molecule has 0 spiro atoms. The van der Waals surface area contributed by atoms with Crippen LogP contribution in [0.3, 0.4) is 0 Å². The molecule has 0 heterocycles. The number of aliphatic carboxylic acids is 1. The van der Waals surface area contributed by atoms with Gasteiger partial charge in [0, 0.05) is 7.05 Å². The predicted molar refractivity (Wildman–Crippen MR) is 37.2 cm³/mol. The minimum atomic E-state index is -5.39. The molecule has 0 aliphatic carbocycles. The van der Waals surface area contributed by atoms with Gasteiger partial charge in [-0.05, 0) is 0 Å². The van der Waals surface area contributed by atoms with Gasteiger partial charge in [-0.3, -0.25) is 5.41 Å². The van der Waals surface area contributed by atoms with Crippen molar-refractivity contribution in [1.29, 1.82) is 5.41 Å². The van der Waals surface area contributed by atoms with Crippen molar-refractivity contribution in [3.8, 4) is 0 Å². The number of carboxylic acids is 1. The molecule has 0 aliphatic rings. The van der Waals surface area contributed by atoms with Gasteiger partial charge in [0.2, 0.25) is 0 Å². The molecular formula is C4H8K4N3O6P. The van der Waals surface area contributed by atoms with Gasteiger partial charge in [0.05, 0.1) is 12.5 Å². The van der Waals surface area contributed by atoms with Crippen molar-refractivity contribution in [3.63, 3.8) is 0 Å². The van der Waals surface area contributed by atoms with Crippen LogP contribution in [0.5, 0.6) is 0 Å². The van der Waals surface area contributed by atoms with Crippen LogP contribution in [0.1, 0.15) is 0 Å². The molecule has 0 atom stereocenters. The number of nitrogens with one attached hydrogen (secondary N) is 1. The topological polar surface area (TPSA) is 179 Å². The van der Waals surface area contributed by atoms with Crippen LogP contribution in [-0.2, 0) is 9.36 Å². The van der Waals surface area contributed by atoms with E-state index in [1.54, 1.807) is 0 Å². The number of carbonyl (C=O) groups is 1. The number of carbonyl (C=O) groups excluding carboxylic acids is 1. The van der Waals surface area contributed by atoms with Crippen LogP contribution < -0.4 is 231 Å². The molecule has 0 aromatic carbocycles. The number of hydrogen-bond acceptors (Lipinski definition) is 7. The first-order valence-electron chi connectivity index (χ1n) is 3.02. The second-order valence-corrected chi connectivity index (χ2v) is 2.95. The molecule has 14 heteroatoms. The molecule has 18 heavy (non-hydrogen) atoms. The van der Waals surface area contributed by atoms with Gasteiger partial charge in [0.1, 0.15) is 0 Å². The molecule has 0 rings (SSSR count). The van der Waals surface area contributed by atoms with Gasteiger partial charge in [0.15, 0.2) is 5.96 Å². The molecule has 0 amide bonds. The number of carboxylic acid groups (broad SMARTS) is 1. The van der Waals surface area contributed by atoms with E-state index in [0.29, 0.717) is 0 Å². The van der Waals surface area contributed by atoms with Gasteiger partial charge >= 0.3 is 206 Å². The minimum Gasteiger partial charge on any atom is -0.822 e. The fourth-order valence-corrected chi connectivity index (χ4v) is 0.279. The standard InChI is InChI=1S/C4H9N3O2.4K.H3O4P/c1-7(4(5)6)2-3(8)9;;;;;1-5(2,3)4/h2H2,1H3,(H3,5,6)(H,8,9);;;;;(H3,1,2,3,4)/q;4*+1;/p-4. The summed E-state index contributed by atoms with van der Waals surface area (Å²) in [6.45, 7) is -0.338. The molecule has 0 fully saturated rings. The summed E-state index contributed by atoms with van der Waals surface area (Å²) in [7, 11) is -3.99. The molecule has 9 nitrogen and oxygen atoms in total. The summed E-state index contributed by atoms with van der Waals surface area (Å²) in [5.74, 6) is -1.52. The monoisotopic (exact) mass is 381 g/mol. The Morgan fingerprint density at radius 1 is 1.22 bits per heavy atom. The van der Waals surface area contributed by atoms with E-state index in [1.807, 2.05) is 0 Å². The van der Waals surface area contributed by atoms with Crippen LogP contribution in [0, 0.1) is 5.41 Å². The van der Waals surface area contributed by atoms with E-state index in [1.165, 1.54) is 7.05 Å². The second-order valence-electron chi connectivity index (χ2n) is 2.06. The summed E-state index contributed by atoms with van der Waals surface area (Å²) in [6.07, 6.45) is 0. The average Bonchev–Trinajstić information content (AvgIpc) is 1.80. The van der Waals surface area contributed by atoms with Crippen molar-refractivity contribution in [2.45, 2.75) is 0 Å². The third-order valence-corrected chi connectivity index (χ3v) is 0.778. The largest absolute Gasteiger partial charge is 1.00 e. The SMILES string of the molecule is CN(CC(=O)[O-])C(=N)N.O=P([O-])([O-])[O-].[K+].[K+].[K+].[K+]. The summed E-state index contributed by atoms with van der Waals surface area (Å²) < 4.78 is 8.55. The van der Waals surface area contributed by atoms with Crippen LogP contribution in [0.25, 0.3) is 0 Å². The number of nitrogens with zero attached hydrogens (tertiary/aromatic N) is 1. The van der Waals surface area contributed by atoms with E-state index in [4.69, 9.17) is 30.4 Å². The zero-order chi connectivity index (χ0) is 11.9. The Bertz CT molecular complexity index is 255. The van der Waals surface area contributed by atoms with Gasteiger partial charge in [-0.1, -0.05) is 0 Å². The van der Waals surface area contributed by atoms with Crippen molar-refractivity contribution in [2.75, 3.05) is 13.6 Å². The predicted octanol–water partition coefficient (Wildman–Crippen LogP) is -17.2. The number of hydrogen-bond donors (Lipinski definition) is 2. The Morgan fingerprint density at radius 2 is 1.44 bits per heavy atom. The Kier molecular flexibility index (Phi) is 48.2. The van der Waals surface area contributed by atoms with Crippen LogP contribution in [0.2, 0.25) is 0 Å². The van der Waals surface area contributed by atoms with Crippen molar-refractivity contribution >= 4 is 19.8 Å². The van der Waals surface area contributed by atoms with E-state index < -0.39 is 13.8 Å². The summed E-state index contributed by atoms with van der Waals surface area (Å²) in [6, 6.07) is 0. The number of guanidine groups is 1. The first-order valence-corrected chi connectivity index (χ1v) is 4.48. The summed E-state index contributed by atoms with van der Waals surface area (Å²) in [4.78, 5) is 36.5. The van der Waals surface area contributed by atoms with Gasteiger partial charge in [-0.25, -0.2) is 0 Å². The fourth-order valence-electron chi connectivity index (χ4n) is 0.279. The molecule has 84 valence electrons. The molecule has 0 bridgehead atoms. The molecule has 3 N–H and O–H groups in total. The fraction of sp³-hybridized carbons (Fsp3) is 0.500. The van der Waals surface area contributed by atoms with E-state index in [-0.39, 0.29) is 218 Å². The Labute approximate surface area is 275 Å². The molecule has 0 unspecified atom stereocenters. The van der Waals surface area contributed by atoms with Gasteiger partial charge in [-0.2, -0.15) is 7.82 Å². The first kappa shape index (κ1) is 38.8. The summed E-state index contributed by atoms with van der Waals surface area (Å²) >= 11 is 0. The zero-order valence-corrected chi connectivity index (χ0v) is 24.5. The van der Waals surface area contributed by atoms with Crippen LogP contribution in [0.15, 0.2) is 0 Å². The maximum Gasteiger partial charge on any atom is 1.00 e. The van der Waals surface area contributed by atoms with Crippen molar-refractivity contribution in [1.82, 2.24) is 4.90 Å². The second kappa shape index (κ2) is 22.4. The van der Waals surface area contributed by atoms with E-state index in [0.717, 1.165) is 4.90 Å². The Morgan fingerprint density at radius 3 is 1.50 bits per heavy atom. The normalized spacial score (nSPS) is 7.56. The molecule has 0 radical (unpaired) electrons. The van der Waals surface area contributed by atoms with Crippen molar-refractivity contribution < 1.29 is 235 Å². The van der Waals surface area contributed by atoms with Gasteiger partial charge in [0.25, 0.3) is 0 Å². The van der Waals surface area contributed by atoms with E-state index in [9.17, 15) is 9.90 Å². The van der Waals surface area contributed by atoms with Gasteiger partial charge in [-0.15, -0.1) is 0 Å². The number of phosphoric acid groups is 1. The van der Waals surface area contributed by atoms with E-state index in [2.05, 4.69) is 0 Å². The van der Waals surface area contributed by atoms with Crippen molar-refractivity contribution in [2.24, 2.45) is 5.73 Å². The average molecular weight is 381 g/mol. The third-order valence-electron chi connectivity index (χ3n) is 0.778. The quantitative estimate of drug-likeness (QED) is 0.205. The number of likely N-dealkylation sites (N-methyl/N-ethyl adjacent to an activating group) is 1. The molecule has 0 aromatic rings. The summed E-state index contributed by atoms with van der Waals surface area (Å²) in [5, 5.41) is 16.5. The Hall–Kier alpha value is 5.40. The van der Waals surface area contributed by atoms with E-state index >= 15 is 0 Å². The van der Waals surface area contributed by atoms with Crippen LogP contribution >= 0.6 is 7.82 Å². The maximum absolute atomic E-state index is 9.81. The Balaban J connectivity index is -0.0000000359. The maximum atomic E-state index is 9.81. The molecular weight excluding hydrogens is 373 g/mol. The van der Waals surface area contributed by atoms with Crippen molar-refractivity contribution in [3.05, 3.63) is 0 Å².